The number of likely N-dealkylation sites (tertiary alicyclic amines) is 1. The lowest BCUT2D eigenvalue weighted by Crippen LogP contribution is -2.60. The third-order valence-corrected chi connectivity index (χ3v) is 7.21. The van der Waals surface area contributed by atoms with Crippen LogP contribution in [0.2, 0.25) is 0 Å². The predicted octanol–water partition coefficient (Wildman–Crippen LogP) is 3.07. The van der Waals surface area contributed by atoms with Crippen LogP contribution < -0.4 is 5.56 Å². The molecule has 3 aliphatic heterocycles. The summed E-state index contributed by atoms with van der Waals surface area (Å²) in [5.41, 5.74) is 1.83. The summed E-state index contributed by atoms with van der Waals surface area (Å²) in [6.45, 7) is 2.68. The molecule has 2 aromatic rings. The molecule has 1 aromatic carbocycles. The Labute approximate surface area is 171 Å². The number of aromatic nitrogens is 1. The quantitative estimate of drug-likeness (QED) is 0.790. The minimum atomic E-state index is -0.128. The van der Waals surface area contributed by atoms with E-state index in [0.717, 1.165) is 19.6 Å². The van der Waals surface area contributed by atoms with Gasteiger partial charge < -0.3 is 9.47 Å². The minimum Gasteiger partial charge on any atom is -0.338 e. The van der Waals surface area contributed by atoms with Crippen molar-refractivity contribution in [1.82, 2.24) is 14.4 Å². The van der Waals surface area contributed by atoms with Crippen molar-refractivity contribution in [3.8, 4) is 0 Å². The molecule has 152 valence electrons. The highest BCUT2D eigenvalue weighted by Crippen LogP contribution is 2.44. The number of pyridine rings is 1. The summed E-state index contributed by atoms with van der Waals surface area (Å²) in [5.74, 6) is 1.07. The molecule has 3 fully saturated rings. The Hall–Kier alpha value is -2.40. The smallest absolute Gasteiger partial charge is 0.254 e. The van der Waals surface area contributed by atoms with Gasteiger partial charge in [-0.25, -0.2) is 0 Å². The number of aryl methyl sites for hydroxylation is 1. The molecule has 0 unspecified atom stereocenters. The van der Waals surface area contributed by atoms with Gasteiger partial charge in [0.25, 0.3) is 11.5 Å². The van der Waals surface area contributed by atoms with E-state index >= 15 is 0 Å². The lowest BCUT2D eigenvalue weighted by atomic mass is 9.74. The number of nitrogens with zero attached hydrogens (tertiary/aromatic N) is 3. The number of hydrogen-bond donors (Lipinski definition) is 0. The van der Waals surface area contributed by atoms with Crippen molar-refractivity contribution < 1.29 is 4.79 Å². The van der Waals surface area contributed by atoms with Crippen LogP contribution in [0, 0.1) is 11.8 Å². The number of carbonyl (C=O) groups excluding carboxylic acids is 1. The molecule has 0 N–H and O–H groups in total. The van der Waals surface area contributed by atoms with E-state index in [1.807, 2.05) is 4.90 Å². The molecule has 5 rings (SSSR count). The lowest BCUT2D eigenvalue weighted by Gasteiger charge is -2.55. The molecule has 0 spiro atoms. The van der Waals surface area contributed by atoms with E-state index in [0.29, 0.717) is 29.5 Å². The van der Waals surface area contributed by atoms with Crippen molar-refractivity contribution in [1.29, 1.82) is 0 Å². The third kappa shape index (κ3) is 3.42. The van der Waals surface area contributed by atoms with E-state index in [2.05, 4.69) is 35.2 Å². The Kier molecular flexibility index (Phi) is 4.78. The molecule has 0 saturated carbocycles. The number of benzene rings is 1. The highest BCUT2D eigenvalue weighted by Gasteiger charge is 2.45. The number of hydrogen-bond acceptors (Lipinski definition) is 3. The summed E-state index contributed by atoms with van der Waals surface area (Å²) in [5, 5.41) is 0. The molecule has 4 atom stereocenters. The average Bonchev–Trinajstić information content (AvgIpc) is 2.75. The van der Waals surface area contributed by atoms with Gasteiger partial charge in [0.05, 0.1) is 0 Å². The van der Waals surface area contributed by atoms with Gasteiger partial charge in [-0.05, 0) is 49.1 Å². The molecule has 5 nitrogen and oxygen atoms in total. The fraction of sp³-hybridized carbons (Fsp3) is 0.500. The summed E-state index contributed by atoms with van der Waals surface area (Å²) in [7, 11) is 1.71. The molecule has 1 aromatic heterocycles. The Morgan fingerprint density at radius 3 is 2.66 bits per heavy atom. The Morgan fingerprint density at radius 1 is 1.03 bits per heavy atom. The lowest BCUT2D eigenvalue weighted by molar-refractivity contribution is -0.0511. The van der Waals surface area contributed by atoms with Crippen LogP contribution in [0.1, 0.15) is 47.6 Å². The van der Waals surface area contributed by atoms with Crippen LogP contribution >= 0.6 is 0 Å². The average molecular weight is 392 g/mol. The topological polar surface area (TPSA) is 45.6 Å². The van der Waals surface area contributed by atoms with E-state index < -0.39 is 0 Å². The second-order valence-corrected chi connectivity index (χ2v) is 9.06. The summed E-state index contributed by atoms with van der Waals surface area (Å²) < 4.78 is 1.51. The molecule has 3 aliphatic rings. The number of rotatable bonds is 2. The second-order valence-electron chi connectivity index (χ2n) is 9.06. The van der Waals surface area contributed by atoms with Gasteiger partial charge in [-0.2, -0.15) is 0 Å². The molecular formula is C24H29N3O2. The van der Waals surface area contributed by atoms with Crippen LogP contribution in [0.15, 0.2) is 53.5 Å². The highest BCUT2D eigenvalue weighted by atomic mass is 16.2. The zero-order valence-corrected chi connectivity index (χ0v) is 17.0. The van der Waals surface area contributed by atoms with Gasteiger partial charge in [-0.1, -0.05) is 30.3 Å². The van der Waals surface area contributed by atoms with Crippen molar-refractivity contribution in [2.24, 2.45) is 18.9 Å². The maximum Gasteiger partial charge on any atom is 0.254 e. The molecule has 3 saturated heterocycles. The minimum absolute atomic E-state index is 0.0151. The van der Waals surface area contributed by atoms with Crippen LogP contribution in [-0.2, 0) is 7.05 Å². The largest absolute Gasteiger partial charge is 0.338 e. The van der Waals surface area contributed by atoms with Crippen LogP contribution in [-0.4, -0.2) is 46.0 Å². The second kappa shape index (κ2) is 7.45. The van der Waals surface area contributed by atoms with Crippen molar-refractivity contribution >= 4 is 5.91 Å². The molecular weight excluding hydrogens is 362 g/mol. The summed E-state index contributed by atoms with van der Waals surface area (Å²) >= 11 is 0. The van der Waals surface area contributed by atoms with Gasteiger partial charge in [0.1, 0.15) is 0 Å². The Balaban J connectivity index is 1.36. The monoisotopic (exact) mass is 391 g/mol. The fourth-order valence-corrected chi connectivity index (χ4v) is 5.87. The van der Waals surface area contributed by atoms with Gasteiger partial charge in [0.2, 0.25) is 0 Å². The molecule has 1 amide bonds. The first-order valence-corrected chi connectivity index (χ1v) is 10.9. The summed E-state index contributed by atoms with van der Waals surface area (Å²) in [6.07, 6.45) is 6.63. The van der Waals surface area contributed by atoms with Crippen LogP contribution in [0.5, 0.6) is 0 Å². The molecule has 0 radical (unpaired) electrons. The standard InChI is InChI=1S/C24H29N3O2/c1-25-11-10-19(13-23(25)28)24(29)26-14-17-12-20(16-26)22-9-5-8-21(27(22)15-17)18-6-3-2-4-7-18/h2-4,6-7,10-11,13,17,20-22H,5,8-9,12,14-16H2,1H3/t17-,20+,21+,22-/m0/s1. The number of fused-ring (bicyclic) bond motifs is 4. The Morgan fingerprint density at radius 2 is 1.86 bits per heavy atom. The molecule has 0 aliphatic carbocycles. The van der Waals surface area contributed by atoms with E-state index in [1.54, 1.807) is 19.3 Å². The van der Waals surface area contributed by atoms with E-state index in [-0.39, 0.29) is 11.5 Å². The summed E-state index contributed by atoms with van der Waals surface area (Å²) in [4.78, 5) is 29.8. The van der Waals surface area contributed by atoms with Crippen molar-refractivity contribution in [2.45, 2.75) is 37.8 Å². The van der Waals surface area contributed by atoms with Gasteiger partial charge in [0, 0.05) is 56.6 Å². The van der Waals surface area contributed by atoms with Crippen molar-refractivity contribution in [3.63, 3.8) is 0 Å². The normalized spacial score (nSPS) is 29.3. The fourth-order valence-electron chi connectivity index (χ4n) is 5.87. The first-order chi connectivity index (χ1) is 14.1. The number of carbonyl (C=O) groups is 1. The van der Waals surface area contributed by atoms with E-state index in [1.165, 1.54) is 41.9 Å². The highest BCUT2D eigenvalue weighted by molar-refractivity contribution is 5.94. The van der Waals surface area contributed by atoms with Crippen molar-refractivity contribution in [3.05, 3.63) is 70.1 Å². The van der Waals surface area contributed by atoms with Crippen molar-refractivity contribution in [2.75, 3.05) is 19.6 Å². The molecule has 5 heteroatoms. The van der Waals surface area contributed by atoms with Gasteiger partial charge >= 0.3 is 0 Å². The third-order valence-electron chi connectivity index (χ3n) is 7.21. The van der Waals surface area contributed by atoms with Gasteiger partial charge in [-0.15, -0.1) is 0 Å². The molecule has 2 bridgehead atoms. The van der Waals surface area contributed by atoms with E-state index in [4.69, 9.17) is 0 Å². The number of piperidine rings is 3. The number of amides is 1. The summed E-state index contributed by atoms with van der Waals surface area (Å²) in [6, 6.07) is 15.2. The predicted molar refractivity (Wildman–Crippen MR) is 113 cm³/mol. The molecule has 29 heavy (non-hydrogen) atoms. The Bertz CT molecular complexity index is 954. The van der Waals surface area contributed by atoms with Crippen LogP contribution in [0.3, 0.4) is 0 Å². The first-order valence-electron chi connectivity index (χ1n) is 10.9. The van der Waals surface area contributed by atoms with Crippen LogP contribution in [0.4, 0.5) is 0 Å². The zero-order chi connectivity index (χ0) is 20.0. The van der Waals surface area contributed by atoms with Crippen LogP contribution in [0.25, 0.3) is 0 Å². The maximum atomic E-state index is 13.1. The maximum absolute atomic E-state index is 13.1. The molecule has 4 heterocycles. The van der Waals surface area contributed by atoms with Gasteiger partial charge in [-0.3, -0.25) is 14.5 Å². The SMILES string of the molecule is Cn1ccc(C(=O)N2C[C@@H]3C[C@H](C2)[C@@H]2CCC[C@H](c4ccccc4)N2C3)cc1=O. The zero-order valence-electron chi connectivity index (χ0n) is 17.0. The first kappa shape index (κ1) is 18.6. The van der Waals surface area contributed by atoms with Gasteiger partial charge in [0.15, 0.2) is 0 Å². The van der Waals surface area contributed by atoms with E-state index in [9.17, 15) is 9.59 Å².